The third kappa shape index (κ3) is 4.95. The fraction of sp³-hybridized carbons (Fsp3) is 0.457. The number of hydrogen-bond acceptors (Lipinski definition) is 8. The Morgan fingerprint density at radius 3 is 2.83 bits per heavy atom. The molecule has 0 aliphatic carbocycles. The predicted octanol–water partition coefficient (Wildman–Crippen LogP) is 6.07. The van der Waals surface area contributed by atoms with E-state index in [0.29, 0.717) is 84.3 Å². The molecule has 9 nitrogen and oxygen atoms in total. The van der Waals surface area contributed by atoms with E-state index in [-0.39, 0.29) is 35.5 Å². The van der Waals surface area contributed by atoms with Crippen LogP contribution in [0.25, 0.3) is 38.4 Å². The quantitative estimate of drug-likeness (QED) is 0.238. The first kappa shape index (κ1) is 30.2. The molecule has 12 heteroatoms. The van der Waals surface area contributed by atoms with Gasteiger partial charge in [-0.15, -0.1) is 0 Å². The van der Waals surface area contributed by atoms with Crippen molar-refractivity contribution >= 4 is 33.0 Å². The van der Waals surface area contributed by atoms with E-state index in [9.17, 15) is 9.50 Å². The van der Waals surface area contributed by atoms with Crippen LogP contribution >= 0.6 is 0 Å². The van der Waals surface area contributed by atoms with Crippen molar-refractivity contribution in [1.29, 1.82) is 0 Å². The van der Waals surface area contributed by atoms with Crippen LogP contribution in [0.4, 0.5) is 19.0 Å². The molecule has 1 N–H and O–H groups in total. The van der Waals surface area contributed by atoms with Crippen LogP contribution in [0, 0.1) is 17.6 Å². The average Bonchev–Trinajstić information content (AvgIpc) is 3.71. The summed E-state index contributed by atoms with van der Waals surface area (Å²) in [6.07, 6.45) is 3.16. The second kappa shape index (κ2) is 11.5. The lowest BCUT2D eigenvalue weighted by Crippen LogP contribution is -2.43. The number of halogens is 3. The Morgan fingerprint density at radius 1 is 1.11 bits per heavy atom. The molecule has 3 aliphatic rings. The molecule has 0 unspecified atom stereocenters. The van der Waals surface area contributed by atoms with E-state index >= 15 is 8.78 Å². The van der Waals surface area contributed by atoms with Crippen LogP contribution in [0.1, 0.15) is 38.7 Å². The molecule has 3 atom stereocenters. The van der Waals surface area contributed by atoms with Gasteiger partial charge in [0.05, 0.1) is 35.9 Å². The maximum Gasteiger partial charge on any atom is 0.319 e. The monoisotopic (exact) mass is 646 g/mol. The number of alkyl halides is 1. The highest BCUT2D eigenvalue weighted by Crippen LogP contribution is 2.43. The molecule has 0 spiro atoms. The van der Waals surface area contributed by atoms with Crippen molar-refractivity contribution < 1.29 is 27.8 Å². The Labute approximate surface area is 269 Å². The first-order valence-corrected chi connectivity index (χ1v) is 16.4. The minimum absolute atomic E-state index is 0.00336. The van der Waals surface area contributed by atoms with Gasteiger partial charge in [-0.05, 0) is 72.3 Å². The Kier molecular flexibility index (Phi) is 7.40. The number of rotatable bonds is 6. The van der Waals surface area contributed by atoms with Gasteiger partial charge < -0.3 is 19.5 Å². The van der Waals surface area contributed by atoms with Crippen molar-refractivity contribution in [2.45, 2.75) is 51.2 Å². The molecule has 8 rings (SSSR count). The standard InChI is InChI=1S/C35H37F3N6O3/c1-3-24-26(37)6-5-21-13-23(45)14-25(28(21)24)32-30(38)31-29(27-7-9-39-44(27)32)33(42-11-12-46-18-20(2)16-42)41-34(40-31)47-19-35-8-4-10-43(35)17-22(36)15-35/h5-7,9,13-14,20,22,45H,3-4,8,10-12,15-19H2,1-2H3/t20-,22-,35+/m1/s1. The van der Waals surface area contributed by atoms with Crippen LogP contribution in [0.3, 0.4) is 0 Å². The fourth-order valence-corrected chi connectivity index (χ4v) is 8.08. The van der Waals surface area contributed by atoms with Crippen molar-refractivity contribution in [1.82, 2.24) is 24.5 Å². The van der Waals surface area contributed by atoms with E-state index in [2.05, 4.69) is 26.8 Å². The van der Waals surface area contributed by atoms with Crippen molar-refractivity contribution in [2.24, 2.45) is 5.92 Å². The zero-order valence-electron chi connectivity index (χ0n) is 26.5. The summed E-state index contributed by atoms with van der Waals surface area (Å²) in [7, 11) is 0. The lowest BCUT2D eigenvalue weighted by atomic mass is 9.94. The molecular formula is C35H37F3N6O3. The zero-order chi connectivity index (χ0) is 32.4. The van der Waals surface area contributed by atoms with Crippen molar-refractivity contribution in [3.05, 3.63) is 53.7 Å². The molecule has 3 aliphatic heterocycles. The number of phenolic OH excluding ortho intramolecular Hbond substituents is 1. The summed E-state index contributed by atoms with van der Waals surface area (Å²) in [5.41, 5.74) is 0.878. The number of pyridine rings is 1. The maximum atomic E-state index is 17.4. The second-order valence-electron chi connectivity index (χ2n) is 13.3. The van der Waals surface area contributed by atoms with Gasteiger partial charge in [0, 0.05) is 31.6 Å². The molecule has 5 aromatic rings. The Morgan fingerprint density at radius 2 is 1.98 bits per heavy atom. The molecule has 0 bridgehead atoms. The highest BCUT2D eigenvalue weighted by molar-refractivity contribution is 6.07. The van der Waals surface area contributed by atoms with E-state index in [1.807, 2.05) is 6.92 Å². The molecule has 246 valence electrons. The average molecular weight is 647 g/mol. The van der Waals surface area contributed by atoms with E-state index in [4.69, 9.17) is 14.5 Å². The van der Waals surface area contributed by atoms with Crippen molar-refractivity contribution in [2.75, 3.05) is 50.9 Å². The Hall–Kier alpha value is -4.16. The molecule has 2 aromatic carbocycles. The molecule has 0 amide bonds. The Bertz CT molecular complexity index is 2020. The van der Waals surface area contributed by atoms with Gasteiger partial charge in [-0.25, -0.2) is 17.7 Å². The smallest absolute Gasteiger partial charge is 0.319 e. The second-order valence-corrected chi connectivity index (χ2v) is 13.3. The third-order valence-corrected chi connectivity index (χ3v) is 10.1. The summed E-state index contributed by atoms with van der Waals surface area (Å²) >= 11 is 0. The normalized spacial score (nSPS) is 23.6. The van der Waals surface area contributed by atoms with E-state index in [1.165, 1.54) is 16.6 Å². The molecule has 0 radical (unpaired) electrons. The van der Waals surface area contributed by atoms with E-state index < -0.39 is 23.3 Å². The lowest BCUT2D eigenvalue weighted by Gasteiger charge is -2.31. The molecule has 47 heavy (non-hydrogen) atoms. The maximum absolute atomic E-state index is 17.4. The predicted molar refractivity (Wildman–Crippen MR) is 173 cm³/mol. The molecule has 3 fully saturated rings. The minimum atomic E-state index is -0.921. The van der Waals surface area contributed by atoms with Crippen LogP contribution in [-0.2, 0) is 11.2 Å². The number of phenols is 1. The van der Waals surface area contributed by atoms with Gasteiger partial charge in [0.15, 0.2) is 5.82 Å². The number of nitrogens with zero attached hydrogens (tertiary/aromatic N) is 6. The molecular weight excluding hydrogens is 609 g/mol. The summed E-state index contributed by atoms with van der Waals surface area (Å²) in [5, 5.41) is 16.8. The number of aromatic hydroxyl groups is 1. The third-order valence-electron chi connectivity index (χ3n) is 10.1. The van der Waals surface area contributed by atoms with Crippen molar-refractivity contribution in [3.8, 4) is 23.0 Å². The molecule has 0 saturated carbocycles. The number of anilines is 1. The van der Waals surface area contributed by atoms with Gasteiger partial charge in [0.1, 0.15) is 41.4 Å². The number of aryl methyl sites for hydroxylation is 1. The van der Waals surface area contributed by atoms with Crippen molar-refractivity contribution in [3.63, 3.8) is 0 Å². The number of aromatic nitrogens is 4. The molecule has 3 saturated heterocycles. The van der Waals surface area contributed by atoms with E-state index in [1.54, 1.807) is 24.4 Å². The Balaban J connectivity index is 1.37. The minimum Gasteiger partial charge on any atom is -0.508 e. The first-order valence-electron chi connectivity index (χ1n) is 16.4. The first-order chi connectivity index (χ1) is 22.8. The van der Waals surface area contributed by atoms with Crippen LogP contribution in [0.2, 0.25) is 0 Å². The van der Waals surface area contributed by atoms with Gasteiger partial charge in [-0.2, -0.15) is 15.1 Å². The lowest BCUT2D eigenvalue weighted by molar-refractivity contribution is 0.107. The van der Waals surface area contributed by atoms with E-state index in [0.717, 1.165) is 19.4 Å². The summed E-state index contributed by atoms with van der Waals surface area (Å²) < 4.78 is 60.7. The fourth-order valence-electron chi connectivity index (χ4n) is 8.08. The highest BCUT2D eigenvalue weighted by Gasteiger charge is 2.49. The number of ether oxygens (including phenoxy) is 2. The largest absolute Gasteiger partial charge is 0.508 e. The van der Waals surface area contributed by atoms with Gasteiger partial charge >= 0.3 is 6.01 Å². The summed E-state index contributed by atoms with van der Waals surface area (Å²) in [6.45, 7) is 7.52. The number of benzene rings is 2. The summed E-state index contributed by atoms with van der Waals surface area (Å²) in [5.74, 6) is -0.522. The van der Waals surface area contributed by atoms with Gasteiger partial charge in [-0.1, -0.05) is 19.9 Å². The van der Waals surface area contributed by atoms with Crippen LogP contribution < -0.4 is 9.64 Å². The molecule has 3 aromatic heterocycles. The van der Waals surface area contributed by atoms with Crippen LogP contribution in [-0.4, -0.2) is 87.3 Å². The number of hydrogen-bond donors (Lipinski definition) is 1. The van der Waals surface area contributed by atoms with Crippen LogP contribution in [0.5, 0.6) is 11.8 Å². The van der Waals surface area contributed by atoms with Crippen LogP contribution in [0.15, 0.2) is 36.5 Å². The van der Waals surface area contributed by atoms with Gasteiger partial charge in [-0.3, -0.25) is 4.90 Å². The highest BCUT2D eigenvalue weighted by atomic mass is 19.1. The number of fused-ring (bicyclic) bond motifs is 5. The SMILES string of the molecule is CCc1c(F)ccc2cc(O)cc(-c3c(F)c4nc(OC[C@@]56CCCN5C[C@H](F)C6)nc(N5CCOC[C@H](C)C5)c4c4ccnn34)c12. The zero-order valence-corrected chi connectivity index (χ0v) is 26.5. The summed E-state index contributed by atoms with van der Waals surface area (Å²) in [4.78, 5) is 13.8. The molecule has 6 heterocycles. The van der Waals surface area contributed by atoms with Gasteiger partial charge in [0.2, 0.25) is 0 Å². The summed E-state index contributed by atoms with van der Waals surface area (Å²) in [6, 6.07) is 7.71. The topological polar surface area (TPSA) is 88.3 Å². The van der Waals surface area contributed by atoms with Gasteiger partial charge in [0.25, 0.3) is 0 Å².